The van der Waals surface area contributed by atoms with Crippen LogP contribution in [0.5, 0.6) is 0 Å². The van der Waals surface area contributed by atoms with E-state index in [0.29, 0.717) is 0 Å². The lowest BCUT2D eigenvalue weighted by Gasteiger charge is -2.15. The number of anilines is 1. The maximum Gasteiger partial charge on any atom is 0.319 e. The van der Waals surface area contributed by atoms with Gasteiger partial charge < -0.3 is 10.6 Å². The molecule has 0 aliphatic heterocycles. The topological polar surface area (TPSA) is 54.0 Å². The number of aryl methyl sites for hydroxylation is 1. The standard InChI is InChI=1S/C15H16BrN3O/c1-10-6-7-14(12(16)9-10)19-15(20)18-11(2)13-5-3-4-8-17-13/h3-9,11H,1-2H3,(H2,18,19,20). The van der Waals surface area contributed by atoms with Crippen molar-refractivity contribution in [3.05, 3.63) is 58.3 Å². The Morgan fingerprint density at radius 1 is 1.30 bits per heavy atom. The van der Waals surface area contributed by atoms with E-state index in [0.717, 1.165) is 21.4 Å². The van der Waals surface area contributed by atoms with E-state index >= 15 is 0 Å². The molecule has 0 aliphatic carbocycles. The molecule has 2 N–H and O–H groups in total. The van der Waals surface area contributed by atoms with Gasteiger partial charge in [-0.2, -0.15) is 0 Å². The monoisotopic (exact) mass is 333 g/mol. The Kier molecular flexibility index (Phi) is 4.74. The molecule has 104 valence electrons. The second-order valence-electron chi connectivity index (χ2n) is 4.56. The van der Waals surface area contributed by atoms with Crippen molar-refractivity contribution in [1.82, 2.24) is 10.3 Å². The lowest BCUT2D eigenvalue weighted by molar-refractivity contribution is 0.249. The Hall–Kier alpha value is -1.88. The number of hydrogen-bond acceptors (Lipinski definition) is 2. The van der Waals surface area contributed by atoms with Crippen LogP contribution in [0.2, 0.25) is 0 Å². The van der Waals surface area contributed by atoms with Crippen LogP contribution in [0.3, 0.4) is 0 Å². The minimum Gasteiger partial charge on any atom is -0.330 e. The molecule has 0 aliphatic rings. The van der Waals surface area contributed by atoms with Crippen LogP contribution in [-0.2, 0) is 0 Å². The first kappa shape index (κ1) is 14.5. The summed E-state index contributed by atoms with van der Waals surface area (Å²) in [6.07, 6.45) is 1.71. The van der Waals surface area contributed by atoms with Crippen LogP contribution in [0.15, 0.2) is 47.1 Å². The Morgan fingerprint density at radius 2 is 2.10 bits per heavy atom. The van der Waals surface area contributed by atoms with E-state index in [-0.39, 0.29) is 12.1 Å². The molecule has 0 fully saturated rings. The van der Waals surface area contributed by atoms with Gasteiger partial charge in [0, 0.05) is 10.7 Å². The zero-order valence-electron chi connectivity index (χ0n) is 11.4. The quantitative estimate of drug-likeness (QED) is 0.890. The van der Waals surface area contributed by atoms with Crippen LogP contribution < -0.4 is 10.6 Å². The third-order valence-electron chi connectivity index (χ3n) is 2.85. The van der Waals surface area contributed by atoms with E-state index in [2.05, 4.69) is 31.5 Å². The first-order valence-corrected chi connectivity index (χ1v) is 7.10. The molecule has 0 bridgehead atoms. The summed E-state index contributed by atoms with van der Waals surface area (Å²) in [5, 5.41) is 5.67. The fourth-order valence-electron chi connectivity index (χ4n) is 1.78. The number of halogens is 1. The minimum atomic E-state index is -0.257. The van der Waals surface area contributed by atoms with E-state index in [1.54, 1.807) is 6.20 Å². The number of aromatic nitrogens is 1. The number of nitrogens with one attached hydrogen (secondary N) is 2. The first-order chi connectivity index (χ1) is 9.56. The van der Waals surface area contributed by atoms with E-state index < -0.39 is 0 Å². The van der Waals surface area contributed by atoms with E-state index in [1.807, 2.05) is 50.2 Å². The van der Waals surface area contributed by atoms with Gasteiger partial charge in [-0.05, 0) is 59.6 Å². The highest BCUT2D eigenvalue weighted by Gasteiger charge is 2.11. The fourth-order valence-corrected chi connectivity index (χ4v) is 2.37. The number of rotatable bonds is 3. The number of carbonyl (C=O) groups excluding carboxylic acids is 1. The van der Waals surface area contributed by atoms with Gasteiger partial charge in [0.25, 0.3) is 0 Å². The molecule has 0 saturated heterocycles. The molecule has 0 radical (unpaired) electrons. The molecule has 20 heavy (non-hydrogen) atoms. The molecule has 0 saturated carbocycles. The van der Waals surface area contributed by atoms with Crippen molar-refractivity contribution in [3.8, 4) is 0 Å². The van der Waals surface area contributed by atoms with Gasteiger partial charge >= 0.3 is 6.03 Å². The van der Waals surface area contributed by atoms with Gasteiger partial charge in [0.1, 0.15) is 0 Å². The van der Waals surface area contributed by atoms with Gasteiger partial charge in [-0.3, -0.25) is 4.98 Å². The molecule has 1 unspecified atom stereocenters. The minimum absolute atomic E-state index is 0.152. The van der Waals surface area contributed by atoms with E-state index in [9.17, 15) is 4.79 Å². The van der Waals surface area contributed by atoms with Gasteiger partial charge in [-0.15, -0.1) is 0 Å². The Labute approximate surface area is 126 Å². The summed E-state index contributed by atoms with van der Waals surface area (Å²) in [5.74, 6) is 0. The van der Waals surface area contributed by atoms with Crippen LogP contribution in [0.4, 0.5) is 10.5 Å². The highest BCUT2D eigenvalue weighted by atomic mass is 79.9. The second-order valence-corrected chi connectivity index (χ2v) is 5.41. The predicted molar refractivity (Wildman–Crippen MR) is 83.7 cm³/mol. The molecule has 1 heterocycles. The summed E-state index contributed by atoms with van der Waals surface area (Å²) in [6.45, 7) is 3.89. The summed E-state index contributed by atoms with van der Waals surface area (Å²) in [4.78, 5) is 16.2. The van der Waals surface area contributed by atoms with Crippen LogP contribution in [-0.4, -0.2) is 11.0 Å². The molecule has 1 aromatic heterocycles. The third kappa shape index (κ3) is 3.81. The predicted octanol–water partition coefficient (Wildman–Crippen LogP) is 4.04. The number of carbonyl (C=O) groups is 1. The van der Waals surface area contributed by atoms with E-state index in [4.69, 9.17) is 0 Å². The number of hydrogen-bond donors (Lipinski definition) is 2. The largest absolute Gasteiger partial charge is 0.330 e. The molecule has 4 nitrogen and oxygen atoms in total. The average Bonchev–Trinajstić information content (AvgIpc) is 2.43. The SMILES string of the molecule is Cc1ccc(NC(=O)NC(C)c2ccccn2)c(Br)c1. The Morgan fingerprint density at radius 3 is 2.75 bits per heavy atom. The number of amides is 2. The van der Waals surface area contributed by atoms with Crippen molar-refractivity contribution in [2.75, 3.05) is 5.32 Å². The fraction of sp³-hybridized carbons (Fsp3) is 0.200. The van der Waals surface area contributed by atoms with Crippen molar-refractivity contribution in [1.29, 1.82) is 0 Å². The van der Waals surface area contributed by atoms with Gasteiger partial charge in [-0.25, -0.2) is 4.79 Å². The van der Waals surface area contributed by atoms with Gasteiger partial charge in [0.15, 0.2) is 0 Å². The van der Waals surface area contributed by atoms with Gasteiger partial charge in [0.05, 0.1) is 17.4 Å². The molecule has 2 rings (SSSR count). The molecule has 1 aromatic carbocycles. The lowest BCUT2D eigenvalue weighted by atomic mass is 10.2. The van der Waals surface area contributed by atoms with Crippen molar-refractivity contribution in [2.45, 2.75) is 19.9 Å². The molecular weight excluding hydrogens is 318 g/mol. The highest BCUT2D eigenvalue weighted by Crippen LogP contribution is 2.23. The molecule has 1 atom stereocenters. The summed E-state index contributed by atoms with van der Waals surface area (Å²) in [5.41, 5.74) is 2.69. The maximum atomic E-state index is 12.0. The van der Waals surface area contributed by atoms with Crippen molar-refractivity contribution in [3.63, 3.8) is 0 Å². The van der Waals surface area contributed by atoms with Crippen LogP contribution >= 0.6 is 15.9 Å². The van der Waals surface area contributed by atoms with Crippen LogP contribution in [0.1, 0.15) is 24.2 Å². The molecule has 2 aromatic rings. The normalized spacial score (nSPS) is 11.8. The molecule has 0 spiro atoms. The Bertz CT molecular complexity index is 601. The average molecular weight is 334 g/mol. The lowest BCUT2D eigenvalue weighted by Crippen LogP contribution is -2.31. The van der Waals surface area contributed by atoms with Gasteiger partial charge in [-0.1, -0.05) is 12.1 Å². The van der Waals surface area contributed by atoms with Gasteiger partial charge in [0.2, 0.25) is 0 Å². The molecule has 2 amide bonds. The zero-order valence-corrected chi connectivity index (χ0v) is 12.9. The van der Waals surface area contributed by atoms with Crippen LogP contribution in [0.25, 0.3) is 0 Å². The maximum absolute atomic E-state index is 12.0. The summed E-state index contributed by atoms with van der Waals surface area (Å²) in [7, 11) is 0. The summed E-state index contributed by atoms with van der Waals surface area (Å²) in [6, 6.07) is 11.0. The van der Waals surface area contributed by atoms with E-state index in [1.165, 1.54) is 0 Å². The third-order valence-corrected chi connectivity index (χ3v) is 3.51. The highest BCUT2D eigenvalue weighted by molar-refractivity contribution is 9.10. The number of pyridine rings is 1. The number of benzene rings is 1. The summed E-state index contributed by atoms with van der Waals surface area (Å²) < 4.78 is 0.859. The van der Waals surface area contributed by atoms with Crippen molar-refractivity contribution >= 4 is 27.6 Å². The second kappa shape index (κ2) is 6.52. The smallest absolute Gasteiger partial charge is 0.319 e. The zero-order chi connectivity index (χ0) is 14.5. The summed E-state index contributed by atoms with van der Waals surface area (Å²) >= 11 is 3.43. The Balaban J connectivity index is 1.99. The number of urea groups is 1. The van der Waals surface area contributed by atoms with Crippen molar-refractivity contribution < 1.29 is 4.79 Å². The number of nitrogens with zero attached hydrogens (tertiary/aromatic N) is 1. The van der Waals surface area contributed by atoms with Crippen LogP contribution in [0, 0.1) is 6.92 Å². The van der Waals surface area contributed by atoms with Crippen molar-refractivity contribution in [2.24, 2.45) is 0 Å². The first-order valence-electron chi connectivity index (χ1n) is 6.31. The molecule has 5 heteroatoms. The molecular formula is C15H16BrN3O.